The van der Waals surface area contributed by atoms with Crippen molar-refractivity contribution in [1.82, 2.24) is 0 Å². The second-order valence-corrected chi connectivity index (χ2v) is 11.4. The summed E-state index contributed by atoms with van der Waals surface area (Å²) in [7, 11) is 0. The number of thioether (sulfide) groups is 3. The number of hydrogen-bond donors (Lipinski definition) is 3. The van der Waals surface area contributed by atoms with Crippen molar-refractivity contribution in [2.75, 3.05) is 17.3 Å². The zero-order chi connectivity index (χ0) is 17.9. The Bertz CT molecular complexity index is 364. The summed E-state index contributed by atoms with van der Waals surface area (Å²) >= 11 is 16.6. The molecule has 3 unspecified atom stereocenters. The molecule has 0 spiro atoms. The van der Waals surface area contributed by atoms with Crippen molar-refractivity contribution in [3.63, 3.8) is 0 Å². The van der Waals surface area contributed by atoms with E-state index in [1.165, 1.54) is 36.5 Å². The summed E-state index contributed by atoms with van der Waals surface area (Å²) in [5.41, 5.74) is 0. The van der Waals surface area contributed by atoms with Gasteiger partial charge in [0.25, 0.3) is 0 Å². The first kappa shape index (κ1) is 27.4. The maximum absolute atomic E-state index is 10.3. The van der Waals surface area contributed by atoms with Gasteiger partial charge in [-0.3, -0.25) is 14.4 Å². The van der Waals surface area contributed by atoms with Gasteiger partial charge in [0.2, 0.25) is 0 Å². The number of thiol groups is 3. The standard InChI is InChI=1S/3C5H8OS2.Gd/c3*6-5(7)3-4-1-2-8-4;/h3*4H,1-3H2,(H,6,7);. The molecule has 3 rings (SSSR count). The molecule has 25 heavy (non-hydrogen) atoms. The molecule has 0 aromatic carbocycles. The van der Waals surface area contributed by atoms with Crippen LogP contribution in [0.3, 0.4) is 0 Å². The Labute approximate surface area is 211 Å². The minimum Gasteiger partial charge on any atom is -0.287 e. The molecule has 3 atom stereocenters. The van der Waals surface area contributed by atoms with E-state index in [0.717, 1.165) is 0 Å². The van der Waals surface area contributed by atoms with Crippen LogP contribution in [0.4, 0.5) is 0 Å². The van der Waals surface area contributed by atoms with Gasteiger partial charge in [-0.15, -0.1) is 37.9 Å². The second kappa shape index (κ2) is 16.3. The fourth-order valence-corrected chi connectivity index (χ4v) is 5.47. The SMILES string of the molecule is O=C(S)CC1CCS1.O=C(S)CC1CCS1.O=C(S)CC1CCS1.[Gd]. The molecule has 3 fully saturated rings. The Morgan fingerprint density at radius 3 is 0.880 bits per heavy atom. The van der Waals surface area contributed by atoms with Crippen molar-refractivity contribution in [2.24, 2.45) is 0 Å². The molecule has 0 aromatic rings. The van der Waals surface area contributed by atoms with E-state index < -0.39 is 0 Å². The van der Waals surface area contributed by atoms with Gasteiger partial charge in [-0.05, 0) is 36.5 Å². The van der Waals surface area contributed by atoms with Crippen LogP contribution in [0.25, 0.3) is 0 Å². The molecule has 0 radical (unpaired) electrons. The van der Waals surface area contributed by atoms with Crippen LogP contribution in [-0.4, -0.2) is 48.4 Å². The Kier molecular flexibility index (Phi) is 17.8. The quantitative estimate of drug-likeness (QED) is 0.400. The molecule has 0 saturated carbocycles. The molecule has 0 N–H and O–H groups in total. The third kappa shape index (κ3) is 15.0. The molecule has 0 bridgehead atoms. The summed E-state index contributed by atoms with van der Waals surface area (Å²) < 4.78 is 0. The zero-order valence-corrected chi connectivity index (χ0v) is 21.1. The van der Waals surface area contributed by atoms with Gasteiger partial charge < -0.3 is 0 Å². The minimum absolute atomic E-state index is 0. The summed E-state index contributed by atoms with van der Waals surface area (Å²) in [4.78, 5) is 30.9. The predicted molar refractivity (Wildman–Crippen MR) is 118 cm³/mol. The van der Waals surface area contributed by atoms with Crippen molar-refractivity contribution in [2.45, 2.75) is 54.3 Å². The normalized spacial score (nSPS) is 25.8. The van der Waals surface area contributed by atoms with E-state index in [1.54, 1.807) is 0 Å². The summed E-state index contributed by atoms with van der Waals surface area (Å²) in [6.07, 6.45) is 5.60. The third-order valence-electron chi connectivity index (χ3n) is 3.59. The minimum atomic E-state index is 0. The Morgan fingerprint density at radius 2 is 0.840 bits per heavy atom. The summed E-state index contributed by atoms with van der Waals surface area (Å²) in [5.74, 6) is 3.68. The van der Waals surface area contributed by atoms with Crippen molar-refractivity contribution in [3.8, 4) is 0 Å². The van der Waals surface area contributed by atoms with Crippen LogP contribution in [0.2, 0.25) is 0 Å². The molecule has 146 valence electrons. The molecule has 3 aliphatic heterocycles. The van der Waals surface area contributed by atoms with Crippen LogP contribution < -0.4 is 0 Å². The van der Waals surface area contributed by atoms with Gasteiger partial charge in [0.1, 0.15) is 0 Å². The van der Waals surface area contributed by atoms with E-state index >= 15 is 0 Å². The first-order valence-corrected chi connectivity index (χ1v) is 12.4. The van der Waals surface area contributed by atoms with E-state index in [-0.39, 0.29) is 55.3 Å². The number of rotatable bonds is 6. The van der Waals surface area contributed by atoms with Crippen LogP contribution in [-0.2, 0) is 14.4 Å². The number of carbonyl (C=O) groups is 3. The molecular weight excluding hydrogens is 578 g/mol. The average Bonchev–Trinajstić information content (AvgIpc) is 2.35. The molecule has 0 amide bonds. The van der Waals surface area contributed by atoms with Crippen LogP contribution in [0, 0.1) is 39.9 Å². The molecule has 3 nitrogen and oxygen atoms in total. The predicted octanol–water partition coefficient (Wildman–Crippen LogP) is 4.02. The zero-order valence-electron chi connectivity index (χ0n) is 13.7. The third-order valence-corrected chi connectivity index (χ3v) is 8.17. The largest absolute Gasteiger partial charge is 0.287 e. The average molecular weight is 602 g/mol. The van der Waals surface area contributed by atoms with E-state index in [2.05, 4.69) is 37.9 Å². The fourth-order valence-electron chi connectivity index (χ4n) is 1.92. The maximum atomic E-state index is 10.3. The first-order valence-electron chi connectivity index (χ1n) is 7.87. The van der Waals surface area contributed by atoms with Gasteiger partial charge in [0.15, 0.2) is 15.3 Å². The van der Waals surface area contributed by atoms with Crippen LogP contribution in [0.5, 0.6) is 0 Å². The van der Waals surface area contributed by atoms with Gasteiger partial charge in [-0.1, -0.05) is 0 Å². The topological polar surface area (TPSA) is 51.2 Å². The molecule has 0 aromatic heterocycles. The molecular formula is C15H24GdO3S6. The Morgan fingerprint density at radius 1 is 0.640 bits per heavy atom. The molecule has 0 aliphatic carbocycles. The van der Waals surface area contributed by atoms with Gasteiger partial charge in [0.05, 0.1) is 0 Å². The van der Waals surface area contributed by atoms with Crippen molar-refractivity contribution < 1.29 is 54.3 Å². The van der Waals surface area contributed by atoms with E-state index in [0.29, 0.717) is 35.0 Å². The van der Waals surface area contributed by atoms with Crippen LogP contribution in [0.15, 0.2) is 0 Å². The number of carbonyl (C=O) groups excluding carboxylic acids is 3. The van der Waals surface area contributed by atoms with Crippen LogP contribution >= 0.6 is 73.2 Å². The smallest absolute Gasteiger partial charge is 0.187 e. The molecule has 3 aliphatic rings. The van der Waals surface area contributed by atoms with E-state index in [9.17, 15) is 14.4 Å². The van der Waals surface area contributed by atoms with Crippen LogP contribution in [0.1, 0.15) is 38.5 Å². The summed E-state index contributed by atoms with van der Waals surface area (Å²) in [5, 5.41) is 1.88. The monoisotopic (exact) mass is 602 g/mol. The summed E-state index contributed by atoms with van der Waals surface area (Å²) in [6.45, 7) is 0. The van der Waals surface area contributed by atoms with Gasteiger partial charge in [-0.25, -0.2) is 0 Å². The van der Waals surface area contributed by atoms with Crippen molar-refractivity contribution in [3.05, 3.63) is 0 Å². The van der Waals surface area contributed by atoms with Gasteiger partial charge >= 0.3 is 0 Å². The van der Waals surface area contributed by atoms with Crippen molar-refractivity contribution in [1.29, 1.82) is 0 Å². The van der Waals surface area contributed by atoms with Gasteiger partial charge in [0, 0.05) is 75.0 Å². The van der Waals surface area contributed by atoms with E-state index in [1.807, 2.05) is 35.3 Å². The first-order chi connectivity index (χ1) is 11.4. The Balaban J connectivity index is 0.000000339. The Hall–Kier alpha value is 2.43. The second-order valence-electron chi connectivity index (χ2n) is 5.64. The summed E-state index contributed by atoms with van der Waals surface area (Å²) in [6, 6.07) is 0. The molecule has 10 heteroatoms. The maximum Gasteiger partial charge on any atom is 0.187 e. The van der Waals surface area contributed by atoms with Gasteiger partial charge in [-0.2, -0.15) is 35.3 Å². The fraction of sp³-hybridized carbons (Fsp3) is 0.800. The molecule has 3 saturated heterocycles. The molecule has 3 heterocycles. The van der Waals surface area contributed by atoms with Crippen molar-refractivity contribution >= 4 is 88.5 Å². The number of hydrogen-bond acceptors (Lipinski definition) is 6. The van der Waals surface area contributed by atoms with E-state index in [4.69, 9.17) is 0 Å².